The predicted octanol–water partition coefficient (Wildman–Crippen LogP) is 3.44. The summed E-state index contributed by atoms with van der Waals surface area (Å²) in [5, 5.41) is 23.9. The Kier molecular flexibility index (Phi) is 4.81. The molecule has 1 aliphatic heterocycles. The highest BCUT2D eigenvalue weighted by Crippen LogP contribution is 2.52. The van der Waals surface area contributed by atoms with E-state index in [1.54, 1.807) is 12.1 Å². The Hall–Kier alpha value is -2.82. The van der Waals surface area contributed by atoms with Crippen LogP contribution in [0.25, 0.3) is 0 Å². The maximum absolute atomic E-state index is 12.0. The third-order valence-electron chi connectivity index (χ3n) is 5.90. The van der Waals surface area contributed by atoms with Gasteiger partial charge >= 0.3 is 0 Å². The molecule has 0 aliphatic carbocycles. The van der Waals surface area contributed by atoms with Crippen LogP contribution < -0.4 is 14.9 Å². The molecular weight excluding hydrogens is 380 g/mol. The first-order chi connectivity index (χ1) is 13.5. The topological polar surface area (TPSA) is 89.5 Å². The highest BCUT2D eigenvalue weighted by atomic mass is 16.5. The lowest BCUT2D eigenvalue weighted by molar-refractivity contribution is -0.256. The number of fused-ring (bicyclic) bond motifs is 2. The highest BCUT2D eigenvalue weighted by Gasteiger charge is 2.39. The Morgan fingerprint density at radius 2 is 1.07 bits per heavy atom. The van der Waals surface area contributed by atoms with Crippen LogP contribution in [0.15, 0.2) is 24.3 Å². The van der Waals surface area contributed by atoms with Crippen LogP contribution in [0.3, 0.4) is 0 Å². The van der Waals surface area contributed by atoms with Crippen molar-refractivity contribution in [1.29, 1.82) is 0 Å². The second kappa shape index (κ2) is 6.59. The molecule has 1 aliphatic rings. The van der Waals surface area contributed by atoms with Gasteiger partial charge in [-0.05, 0) is 34.1 Å². The van der Waals surface area contributed by atoms with Gasteiger partial charge in [-0.3, -0.25) is 0 Å². The van der Waals surface area contributed by atoms with E-state index < -0.39 is 17.4 Å². The number of hydrogen-bond acceptors (Lipinski definition) is 5. The normalized spacial score (nSPS) is 15.1. The third-order valence-corrected chi connectivity index (χ3v) is 5.90. The molecule has 5 heteroatoms. The number of hydrogen-bond donors (Lipinski definition) is 0. The average molecular weight is 408 g/mol. The van der Waals surface area contributed by atoms with E-state index in [0.717, 1.165) is 11.1 Å². The zero-order valence-electron chi connectivity index (χ0n) is 18.9. The van der Waals surface area contributed by atoms with Crippen molar-refractivity contribution in [2.75, 3.05) is 0 Å². The Morgan fingerprint density at radius 1 is 0.733 bits per heavy atom. The van der Waals surface area contributed by atoms with Crippen LogP contribution in [-0.4, -0.2) is 11.9 Å². The minimum absolute atomic E-state index is 0.0830. The molecule has 0 saturated heterocycles. The number of aromatic carboxylic acids is 2. The maximum Gasteiger partial charge on any atom is 0.140 e. The number of carbonyl (C=O) groups is 2. The number of ether oxygens (including phenoxy) is 1. The van der Waals surface area contributed by atoms with Crippen LogP contribution in [-0.2, 0) is 16.2 Å². The van der Waals surface area contributed by atoms with Gasteiger partial charge in [0.15, 0.2) is 0 Å². The van der Waals surface area contributed by atoms with Gasteiger partial charge in [-0.1, -0.05) is 67.5 Å². The summed E-state index contributed by atoms with van der Waals surface area (Å²) in [5.41, 5.74) is 1.62. The number of carboxylic acids is 2. The van der Waals surface area contributed by atoms with E-state index in [4.69, 9.17) is 4.74 Å². The summed E-state index contributed by atoms with van der Waals surface area (Å²) in [7, 11) is 0. The van der Waals surface area contributed by atoms with Crippen molar-refractivity contribution in [2.24, 2.45) is 0 Å². The van der Waals surface area contributed by atoms with Crippen LogP contribution in [0.2, 0.25) is 0 Å². The molecule has 0 N–H and O–H groups in total. The fraction of sp³-hybridized carbons (Fsp3) is 0.440. The molecule has 160 valence electrons. The van der Waals surface area contributed by atoms with Gasteiger partial charge in [-0.2, -0.15) is 0 Å². The standard InChI is InChI=1S/C25H30O5/c1-23(2,3)13-9-15(21(26)27)19-17(11-13)25(7,8)18-12-14(24(4,5)6)10-16(22(28)29)20(18)30-19/h9-12H,1-8H3,(H,26,27)(H,28,29)/p-2. The van der Waals surface area contributed by atoms with Crippen molar-refractivity contribution in [1.82, 2.24) is 0 Å². The van der Waals surface area contributed by atoms with Crippen molar-refractivity contribution >= 4 is 11.9 Å². The fourth-order valence-corrected chi connectivity index (χ4v) is 3.82. The van der Waals surface area contributed by atoms with Crippen molar-refractivity contribution in [3.05, 3.63) is 57.6 Å². The van der Waals surface area contributed by atoms with E-state index in [1.165, 1.54) is 0 Å². The van der Waals surface area contributed by atoms with Crippen LogP contribution in [0.1, 0.15) is 98.4 Å². The zero-order valence-corrected chi connectivity index (χ0v) is 18.9. The molecule has 0 spiro atoms. The predicted molar refractivity (Wildman–Crippen MR) is 111 cm³/mol. The summed E-state index contributed by atoms with van der Waals surface area (Å²) < 4.78 is 5.99. The molecule has 0 saturated carbocycles. The fourth-order valence-electron chi connectivity index (χ4n) is 3.82. The second-order valence-electron chi connectivity index (χ2n) is 10.6. The molecule has 0 amide bonds. The van der Waals surface area contributed by atoms with E-state index in [1.807, 2.05) is 67.5 Å². The van der Waals surface area contributed by atoms with E-state index in [2.05, 4.69) is 0 Å². The smallest absolute Gasteiger partial charge is 0.140 e. The maximum atomic E-state index is 12.0. The monoisotopic (exact) mass is 408 g/mol. The summed E-state index contributed by atoms with van der Waals surface area (Å²) in [6.07, 6.45) is 0. The largest absolute Gasteiger partial charge is 0.545 e. The molecular formula is C25H28O5-2. The van der Waals surface area contributed by atoms with Crippen molar-refractivity contribution in [2.45, 2.75) is 71.6 Å². The molecule has 5 nitrogen and oxygen atoms in total. The first kappa shape index (κ1) is 21.9. The first-order valence-corrected chi connectivity index (χ1v) is 10.0. The molecule has 0 unspecified atom stereocenters. The number of carboxylic acid groups (broad SMARTS) is 2. The second-order valence-corrected chi connectivity index (χ2v) is 10.6. The lowest BCUT2D eigenvalue weighted by atomic mass is 9.70. The molecule has 0 atom stereocenters. The van der Waals surface area contributed by atoms with Crippen LogP contribution in [0.5, 0.6) is 11.5 Å². The SMILES string of the molecule is CC(C)(C)c1cc(C(=O)[O-])c2c(c1)C(C)(C)c1cc(C(C)(C)C)cc(C(=O)[O-])c1O2. The van der Waals surface area contributed by atoms with Gasteiger partial charge in [0, 0.05) is 27.7 Å². The first-order valence-electron chi connectivity index (χ1n) is 10.0. The third kappa shape index (κ3) is 3.47. The minimum atomic E-state index is -1.36. The van der Waals surface area contributed by atoms with E-state index in [9.17, 15) is 19.8 Å². The van der Waals surface area contributed by atoms with E-state index >= 15 is 0 Å². The van der Waals surface area contributed by atoms with Gasteiger partial charge in [-0.25, -0.2) is 0 Å². The summed E-state index contributed by atoms with van der Waals surface area (Å²) in [5.74, 6) is -2.46. The number of carbonyl (C=O) groups excluding carboxylic acids is 2. The van der Waals surface area contributed by atoms with Crippen molar-refractivity contribution in [3.63, 3.8) is 0 Å². The van der Waals surface area contributed by atoms with Crippen molar-refractivity contribution < 1.29 is 24.5 Å². The van der Waals surface area contributed by atoms with Crippen LogP contribution in [0.4, 0.5) is 0 Å². The molecule has 2 aromatic rings. The summed E-state index contributed by atoms with van der Waals surface area (Å²) in [6.45, 7) is 15.9. The quantitative estimate of drug-likeness (QED) is 0.759. The molecule has 2 aromatic carbocycles. The Balaban J connectivity index is 2.41. The highest BCUT2D eigenvalue weighted by molar-refractivity contribution is 5.94. The van der Waals surface area contributed by atoms with Crippen LogP contribution >= 0.6 is 0 Å². The van der Waals surface area contributed by atoms with E-state index in [-0.39, 0.29) is 33.5 Å². The van der Waals surface area contributed by atoms with E-state index in [0.29, 0.717) is 11.1 Å². The van der Waals surface area contributed by atoms with Gasteiger partial charge < -0.3 is 24.5 Å². The van der Waals surface area contributed by atoms with Gasteiger partial charge in [-0.15, -0.1) is 0 Å². The Morgan fingerprint density at radius 3 is 1.33 bits per heavy atom. The van der Waals surface area contributed by atoms with Crippen LogP contribution in [0, 0.1) is 0 Å². The Bertz CT molecular complexity index is 979. The van der Waals surface area contributed by atoms with Crippen molar-refractivity contribution in [3.8, 4) is 11.5 Å². The molecule has 1 heterocycles. The molecule has 0 radical (unpaired) electrons. The molecule has 0 aromatic heterocycles. The minimum Gasteiger partial charge on any atom is -0.545 e. The molecule has 0 fully saturated rings. The summed E-state index contributed by atoms with van der Waals surface area (Å²) in [4.78, 5) is 23.9. The molecule has 0 bridgehead atoms. The number of rotatable bonds is 2. The Labute approximate surface area is 177 Å². The molecule has 3 rings (SSSR count). The summed E-state index contributed by atoms with van der Waals surface area (Å²) in [6, 6.07) is 7.01. The van der Waals surface area contributed by atoms with Gasteiger partial charge in [0.2, 0.25) is 0 Å². The lowest BCUT2D eigenvalue weighted by Crippen LogP contribution is -2.33. The molecule has 30 heavy (non-hydrogen) atoms. The van der Waals surface area contributed by atoms with Gasteiger partial charge in [0.1, 0.15) is 11.5 Å². The lowest BCUT2D eigenvalue weighted by Gasteiger charge is -2.39. The van der Waals surface area contributed by atoms with Gasteiger partial charge in [0.05, 0.1) is 11.9 Å². The number of benzene rings is 2. The zero-order chi connectivity index (χ0) is 22.8. The average Bonchev–Trinajstić information content (AvgIpc) is 2.58. The van der Waals surface area contributed by atoms with Gasteiger partial charge in [0.25, 0.3) is 0 Å². The summed E-state index contributed by atoms with van der Waals surface area (Å²) >= 11 is 0.